The molecule has 104 valence electrons. The van der Waals surface area contributed by atoms with E-state index in [1.807, 2.05) is 6.07 Å². The van der Waals surface area contributed by atoms with Gasteiger partial charge in [-0.15, -0.1) is 0 Å². The molecule has 20 heavy (non-hydrogen) atoms. The molecule has 2 aromatic rings. The fourth-order valence-corrected chi connectivity index (χ4v) is 1.75. The lowest BCUT2D eigenvalue weighted by atomic mass is 10.3. The second kappa shape index (κ2) is 5.43. The zero-order valence-electron chi connectivity index (χ0n) is 11.0. The molecule has 0 aliphatic rings. The summed E-state index contributed by atoms with van der Waals surface area (Å²) in [6.45, 7) is -0.149. The topological polar surface area (TPSA) is 107 Å². The minimum atomic E-state index is -0.573. The van der Waals surface area contributed by atoms with E-state index in [1.165, 1.54) is 11.9 Å². The van der Waals surface area contributed by atoms with Crippen molar-refractivity contribution < 1.29 is 9.59 Å². The molecule has 0 fully saturated rings. The highest BCUT2D eigenvalue weighted by atomic mass is 16.2. The van der Waals surface area contributed by atoms with Crippen LogP contribution in [-0.2, 0) is 4.79 Å². The van der Waals surface area contributed by atoms with Crippen LogP contribution in [0.2, 0.25) is 0 Å². The number of nitrogens with two attached hydrogens (primary N) is 2. The van der Waals surface area contributed by atoms with Gasteiger partial charge in [-0.25, -0.2) is 4.68 Å². The van der Waals surface area contributed by atoms with Crippen molar-refractivity contribution in [2.75, 3.05) is 19.3 Å². The van der Waals surface area contributed by atoms with Gasteiger partial charge in [0.25, 0.3) is 5.91 Å². The number of benzene rings is 1. The number of carbonyl (C=O) groups excluding carboxylic acids is 2. The molecule has 7 nitrogen and oxygen atoms in total. The van der Waals surface area contributed by atoms with E-state index in [0.717, 1.165) is 5.69 Å². The van der Waals surface area contributed by atoms with E-state index in [4.69, 9.17) is 11.5 Å². The van der Waals surface area contributed by atoms with Gasteiger partial charge in [-0.3, -0.25) is 9.59 Å². The predicted molar refractivity (Wildman–Crippen MR) is 74.1 cm³/mol. The number of anilines is 1. The molecule has 0 spiro atoms. The maximum absolute atomic E-state index is 12.0. The average molecular weight is 273 g/mol. The van der Waals surface area contributed by atoms with E-state index >= 15 is 0 Å². The Morgan fingerprint density at radius 2 is 2.10 bits per heavy atom. The Labute approximate surface area is 115 Å². The Balaban J connectivity index is 2.21. The van der Waals surface area contributed by atoms with Gasteiger partial charge < -0.3 is 16.4 Å². The van der Waals surface area contributed by atoms with Crippen LogP contribution >= 0.6 is 0 Å². The largest absolute Gasteiger partial charge is 0.399 e. The number of primary amides is 1. The first-order chi connectivity index (χ1) is 9.47. The molecule has 0 aliphatic carbocycles. The first-order valence-electron chi connectivity index (χ1n) is 5.92. The molecule has 0 saturated heterocycles. The third-order valence-electron chi connectivity index (χ3n) is 2.68. The highest BCUT2D eigenvalue weighted by molar-refractivity contribution is 5.94. The van der Waals surface area contributed by atoms with Crippen LogP contribution in [0.4, 0.5) is 5.69 Å². The normalized spacial score (nSPS) is 10.2. The van der Waals surface area contributed by atoms with Gasteiger partial charge in [0.05, 0.1) is 12.2 Å². The van der Waals surface area contributed by atoms with Crippen LogP contribution in [-0.4, -0.2) is 40.1 Å². The molecule has 1 aromatic heterocycles. The summed E-state index contributed by atoms with van der Waals surface area (Å²) in [6, 6.07) is 8.70. The van der Waals surface area contributed by atoms with E-state index in [1.54, 1.807) is 35.1 Å². The number of hydrogen-bond acceptors (Lipinski definition) is 4. The molecule has 0 aliphatic heterocycles. The van der Waals surface area contributed by atoms with Gasteiger partial charge >= 0.3 is 0 Å². The molecule has 0 bridgehead atoms. The van der Waals surface area contributed by atoms with Crippen LogP contribution in [0.15, 0.2) is 36.5 Å². The first-order valence-corrected chi connectivity index (χ1v) is 5.92. The van der Waals surface area contributed by atoms with Crippen molar-refractivity contribution in [2.45, 2.75) is 0 Å². The summed E-state index contributed by atoms with van der Waals surface area (Å²) >= 11 is 0. The van der Waals surface area contributed by atoms with Gasteiger partial charge in [0, 0.05) is 18.9 Å². The van der Waals surface area contributed by atoms with Crippen LogP contribution < -0.4 is 11.5 Å². The standard InChI is InChI=1S/C13H15N5O2/c1-17(8-12(15)19)13(20)11-5-6-18(16-11)10-4-2-3-9(14)7-10/h2-7H,8,14H2,1H3,(H2,15,19). The minimum absolute atomic E-state index is 0.149. The lowest BCUT2D eigenvalue weighted by Gasteiger charge is -2.12. The van der Waals surface area contributed by atoms with Gasteiger partial charge in [0.1, 0.15) is 0 Å². The number of amides is 2. The molecule has 0 radical (unpaired) electrons. The minimum Gasteiger partial charge on any atom is -0.399 e. The SMILES string of the molecule is CN(CC(N)=O)C(=O)c1ccn(-c2cccc(N)c2)n1. The van der Waals surface area contributed by atoms with Crippen LogP contribution in [0.3, 0.4) is 0 Å². The Morgan fingerprint density at radius 1 is 1.35 bits per heavy atom. The van der Waals surface area contributed by atoms with Gasteiger partial charge in [0.15, 0.2) is 5.69 Å². The molecule has 7 heteroatoms. The molecule has 0 unspecified atom stereocenters. The lowest BCUT2D eigenvalue weighted by molar-refractivity contribution is -0.118. The highest BCUT2D eigenvalue weighted by Gasteiger charge is 2.16. The van der Waals surface area contributed by atoms with Crippen molar-refractivity contribution >= 4 is 17.5 Å². The summed E-state index contributed by atoms with van der Waals surface area (Å²) in [5.74, 6) is -0.942. The smallest absolute Gasteiger partial charge is 0.274 e. The quantitative estimate of drug-likeness (QED) is 0.765. The summed E-state index contributed by atoms with van der Waals surface area (Å²) in [5, 5.41) is 4.17. The van der Waals surface area contributed by atoms with Crippen molar-refractivity contribution in [2.24, 2.45) is 5.73 Å². The molecule has 2 amide bonds. The molecular formula is C13H15N5O2. The zero-order chi connectivity index (χ0) is 14.7. The second-order valence-corrected chi connectivity index (χ2v) is 4.37. The Kier molecular flexibility index (Phi) is 3.69. The van der Waals surface area contributed by atoms with Crippen LogP contribution in [0.1, 0.15) is 10.5 Å². The molecule has 2 rings (SSSR count). The average Bonchev–Trinajstić information content (AvgIpc) is 2.86. The fraction of sp³-hybridized carbons (Fsp3) is 0.154. The van der Waals surface area contributed by atoms with Crippen LogP contribution in [0.25, 0.3) is 5.69 Å². The van der Waals surface area contributed by atoms with Crippen molar-refractivity contribution in [1.29, 1.82) is 0 Å². The van der Waals surface area contributed by atoms with E-state index in [-0.39, 0.29) is 18.1 Å². The van der Waals surface area contributed by atoms with Gasteiger partial charge in [-0.05, 0) is 24.3 Å². The van der Waals surface area contributed by atoms with E-state index < -0.39 is 5.91 Å². The molecule has 0 saturated carbocycles. The van der Waals surface area contributed by atoms with Gasteiger partial charge in [-0.2, -0.15) is 5.10 Å². The van der Waals surface area contributed by atoms with Crippen molar-refractivity contribution in [3.63, 3.8) is 0 Å². The summed E-state index contributed by atoms with van der Waals surface area (Å²) in [5.41, 5.74) is 12.3. The number of nitrogens with zero attached hydrogens (tertiary/aromatic N) is 3. The molecular weight excluding hydrogens is 258 g/mol. The van der Waals surface area contributed by atoms with Crippen LogP contribution in [0, 0.1) is 0 Å². The van der Waals surface area contributed by atoms with Crippen molar-refractivity contribution in [3.05, 3.63) is 42.2 Å². The van der Waals surface area contributed by atoms with Crippen LogP contribution in [0.5, 0.6) is 0 Å². The lowest BCUT2D eigenvalue weighted by Crippen LogP contribution is -2.35. The first kappa shape index (κ1) is 13.6. The summed E-state index contributed by atoms with van der Waals surface area (Å²) in [4.78, 5) is 24.0. The number of likely N-dealkylation sites (N-methyl/N-ethyl adjacent to an activating group) is 1. The van der Waals surface area contributed by atoms with Gasteiger partial charge in [0.2, 0.25) is 5.91 Å². The number of rotatable bonds is 4. The third-order valence-corrected chi connectivity index (χ3v) is 2.68. The predicted octanol–water partition coefficient (Wildman–Crippen LogP) is 0.0118. The molecule has 4 N–H and O–H groups in total. The summed E-state index contributed by atoms with van der Waals surface area (Å²) in [7, 11) is 1.49. The third kappa shape index (κ3) is 2.94. The Morgan fingerprint density at radius 3 is 2.75 bits per heavy atom. The molecule has 1 aromatic carbocycles. The fourth-order valence-electron chi connectivity index (χ4n) is 1.75. The maximum atomic E-state index is 12.0. The highest BCUT2D eigenvalue weighted by Crippen LogP contribution is 2.12. The van der Waals surface area contributed by atoms with E-state index in [9.17, 15) is 9.59 Å². The molecule has 0 atom stereocenters. The summed E-state index contributed by atoms with van der Waals surface area (Å²) in [6.07, 6.45) is 1.65. The number of carbonyl (C=O) groups is 2. The second-order valence-electron chi connectivity index (χ2n) is 4.37. The monoisotopic (exact) mass is 273 g/mol. The number of aromatic nitrogens is 2. The molecule has 1 heterocycles. The van der Waals surface area contributed by atoms with Crippen molar-refractivity contribution in [3.8, 4) is 5.69 Å². The maximum Gasteiger partial charge on any atom is 0.274 e. The van der Waals surface area contributed by atoms with E-state index in [0.29, 0.717) is 5.69 Å². The number of nitrogen functional groups attached to an aromatic ring is 1. The zero-order valence-corrected chi connectivity index (χ0v) is 11.0. The van der Waals surface area contributed by atoms with Crippen molar-refractivity contribution in [1.82, 2.24) is 14.7 Å². The Bertz CT molecular complexity index is 650. The van der Waals surface area contributed by atoms with Gasteiger partial charge in [-0.1, -0.05) is 6.07 Å². The van der Waals surface area contributed by atoms with E-state index in [2.05, 4.69) is 5.10 Å². The summed E-state index contributed by atoms with van der Waals surface area (Å²) < 4.78 is 1.54. The number of hydrogen-bond donors (Lipinski definition) is 2. The Hall–Kier alpha value is -2.83.